The first kappa shape index (κ1) is 22.0. The third-order valence-electron chi connectivity index (χ3n) is 5.63. The molecule has 1 aromatic heterocycles. The first-order chi connectivity index (χ1) is 16.8. The number of aromatic carboxylic acids is 1. The number of aromatic nitrogens is 1. The number of nitrogens with zero attached hydrogens (tertiary/aromatic N) is 7. The lowest BCUT2D eigenvalue weighted by molar-refractivity contribution is -0.119. The highest BCUT2D eigenvalue weighted by Crippen LogP contribution is 2.26. The molecule has 2 aromatic carbocycles. The molecule has 0 aliphatic carbocycles. The number of rotatable bonds is 5. The Hall–Kier alpha value is -4.80. The summed E-state index contributed by atoms with van der Waals surface area (Å²) in [5.41, 5.74) is 1.84. The molecule has 35 heavy (non-hydrogen) atoms. The van der Waals surface area contributed by atoms with Crippen LogP contribution in [0.25, 0.3) is 10.9 Å². The molecule has 3 aromatic rings. The molecule has 2 unspecified atom stereocenters. The number of fused-ring (bicyclic) bond motifs is 1. The molecule has 2 aliphatic heterocycles. The van der Waals surface area contributed by atoms with E-state index in [4.69, 9.17) is 0 Å². The first-order valence-electron chi connectivity index (χ1n) is 10.7. The topological polar surface area (TPSA) is 140 Å². The van der Waals surface area contributed by atoms with E-state index in [2.05, 4.69) is 25.4 Å². The second kappa shape index (κ2) is 8.52. The Kier molecular flexibility index (Phi) is 5.36. The molecule has 11 heteroatoms. The van der Waals surface area contributed by atoms with Gasteiger partial charge in [-0.05, 0) is 50.2 Å². The van der Waals surface area contributed by atoms with E-state index in [1.165, 1.54) is 23.2 Å². The van der Waals surface area contributed by atoms with Crippen LogP contribution in [0.15, 0.2) is 81.1 Å². The number of para-hydroxylation sites is 1. The van der Waals surface area contributed by atoms with Gasteiger partial charge in [0.1, 0.15) is 0 Å². The maximum absolute atomic E-state index is 13.0. The Morgan fingerprint density at radius 1 is 0.857 bits per heavy atom. The molecule has 11 nitrogen and oxygen atoms in total. The zero-order valence-electron chi connectivity index (χ0n) is 18.7. The van der Waals surface area contributed by atoms with Gasteiger partial charge in [0.05, 0.1) is 28.2 Å². The van der Waals surface area contributed by atoms with E-state index in [1.807, 2.05) is 30.3 Å². The van der Waals surface area contributed by atoms with Crippen molar-refractivity contribution in [2.24, 2.45) is 20.4 Å². The van der Waals surface area contributed by atoms with Gasteiger partial charge >= 0.3 is 5.97 Å². The maximum Gasteiger partial charge on any atom is 0.335 e. The molecule has 2 amide bonds. The lowest BCUT2D eigenvalue weighted by Crippen LogP contribution is -2.32. The van der Waals surface area contributed by atoms with E-state index < -0.39 is 29.9 Å². The molecule has 1 N–H and O–H groups in total. The monoisotopic (exact) mass is 469 g/mol. The zero-order chi connectivity index (χ0) is 24.7. The van der Waals surface area contributed by atoms with E-state index in [-0.39, 0.29) is 5.56 Å². The average Bonchev–Trinajstić information content (AvgIpc) is 3.31. The van der Waals surface area contributed by atoms with Crippen molar-refractivity contribution < 1.29 is 19.5 Å². The Morgan fingerprint density at radius 2 is 1.51 bits per heavy atom. The predicted octanol–water partition coefficient (Wildman–Crippen LogP) is 3.27. The Bertz CT molecular complexity index is 1480. The van der Waals surface area contributed by atoms with Gasteiger partial charge in [-0.1, -0.05) is 24.3 Å². The number of amides is 2. The van der Waals surface area contributed by atoms with Crippen LogP contribution in [-0.2, 0) is 9.59 Å². The second-order valence-electron chi connectivity index (χ2n) is 8.04. The average molecular weight is 469 g/mol. The number of hydrogen-bond donors (Lipinski definition) is 1. The molecular formula is C24H19N7O4. The second-order valence-corrected chi connectivity index (χ2v) is 8.04. The van der Waals surface area contributed by atoms with Gasteiger partial charge in [0.15, 0.2) is 17.9 Å². The fourth-order valence-corrected chi connectivity index (χ4v) is 3.80. The number of carbonyl (C=O) groups is 3. The van der Waals surface area contributed by atoms with Crippen LogP contribution in [0.3, 0.4) is 0 Å². The van der Waals surface area contributed by atoms with Crippen LogP contribution in [0, 0.1) is 0 Å². The van der Waals surface area contributed by atoms with Crippen molar-refractivity contribution in [2.45, 2.75) is 25.9 Å². The largest absolute Gasteiger partial charge is 0.478 e. The van der Waals surface area contributed by atoms with Crippen molar-refractivity contribution >= 4 is 51.6 Å². The Labute approximate surface area is 199 Å². The van der Waals surface area contributed by atoms with Gasteiger partial charge in [0, 0.05) is 5.39 Å². The lowest BCUT2D eigenvalue weighted by Gasteiger charge is -2.13. The number of pyridine rings is 1. The first-order valence-corrected chi connectivity index (χ1v) is 10.7. The van der Waals surface area contributed by atoms with Gasteiger partial charge in [-0.15, -0.1) is 0 Å². The molecule has 2 aliphatic rings. The number of azo groups is 1. The number of carbonyl (C=O) groups excluding carboxylic acids is 2. The normalized spacial score (nSPS) is 20.2. The zero-order valence-corrected chi connectivity index (χ0v) is 18.7. The summed E-state index contributed by atoms with van der Waals surface area (Å²) >= 11 is 0. The minimum Gasteiger partial charge on any atom is -0.478 e. The number of carboxylic acids is 1. The number of hydrogen-bond acceptors (Lipinski definition) is 8. The van der Waals surface area contributed by atoms with Gasteiger partial charge in [-0.2, -0.15) is 30.4 Å². The molecule has 5 rings (SSSR count). The smallest absolute Gasteiger partial charge is 0.335 e. The molecule has 3 heterocycles. The van der Waals surface area contributed by atoms with Gasteiger partial charge in [0.2, 0.25) is 0 Å². The van der Waals surface area contributed by atoms with Gasteiger partial charge < -0.3 is 5.11 Å². The lowest BCUT2D eigenvalue weighted by atomic mass is 10.2. The molecule has 174 valence electrons. The van der Waals surface area contributed by atoms with Crippen LogP contribution in [-0.4, -0.2) is 51.4 Å². The van der Waals surface area contributed by atoms with Crippen LogP contribution in [0.1, 0.15) is 24.2 Å². The molecule has 0 radical (unpaired) electrons. The molecule has 0 bridgehead atoms. The van der Waals surface area contributed by atoms with E-state index in [9.17, 15) is 19.5 Å². The summed E-state index contributed by atoms with van der Waals surface area (Å²) in [5.74, 6) is -1.68. The van der Waals surface area contributed by atoms with Gasteiger partial charge in [-0.3, -0.25) is 9.59 Å². The Morgan fingerprint density at radius 3 is 2.23 bits per heavy atom. The highest BCUT2D eigenvalue weighted by atomic mass is 16.4. The van der Waals surface area contributed by atoms with Crippen molar-refractivity contribution in [3.8, 4) is 0 Å². The van der Waals surface area contributed by atoms with E-state index in [1.54, 1.807) is 26.0 Å². The van der Waals surface area contributed by atoms with E-state index in [0.717, 1.165) is 15.9 Å². The summed E-state index contributed by atoms with van der Waals surface area (Å²) in [4.78, 5) is 41.8. The van der Waals surface area contributed by atoms with Gasteiger partial charge in [-0.25, -0.2) is 9.78 Å². The standard InChI is InChI=1S/C24H19N7O4/c1-13-20(22(32)30(28-13)17-8-5-7-16(12-17)24(34)35)26-27-21-14(2)29-31(23(21)33)19-11-10-15-6-3-4-9-18(15)25-19/h3-12,20-21H,1-2H3,(H,34,35). The predicted molar refractivity (Wildman–Crippen MR) is 129 cm³/mol. The van der Waals surface area contributed by atoms with E-state index >= 15 is 0 Å². The van der Waals surface area contributed by atoms with Crippen LogP contribution >= 0.6 is 0 Å². The highest BCUT2D eigenvalue weighted by Gasteiger charge is 2.38. The summed E-state index contributed by atoms with van der Waals surface area (Å²) < 4.78 is 0. The minimum atomic E-state index is -1.12. The van der Waals surface area contributed by atoms with Crippen LogP contribution in [0.4, 0.5) is 11.5 Å². The minimum absolute atomic E-state index is 0.0269. The van der Waals surface area contributed by atoms with Crippen molar-refractivity contribution in [1.82, 2.24) is 4.98 Å². The number of carboxylic acid groups (broad SMARTS) is 1. The maximum atomic E-state index is 13.0. The third-order valence-corrected chi connectivity index (χ3v) is 5.63. The summed E-state index contributed by atoms with van der Waals surface area (Å²) in [6, 6.07) is 14.9. The SMILES string of the molecule is CC1=NN(c2cccc(C(=O)O)c2)C(=O)C1N=NC1C(=O)N(c2ccc3ccccc3n2)N=C1C. The highest BCUT2D eigenvalue weighted by molar-refractivity contribution is 6.19. The van der Waals surface area contributed by atoms with Crippen LogP contribution < -0.4 is 10.0 Å². The summed E-state index contributed by atoms with van der Waals surface area (Å²) in [5, 5.41) is 29.2. The molecule has 0 saturated carbocycles. The third kappa shape index (κ3) is 3.92. The number of hydrazone groups is 2. The molecule has 0 spiro atoms. The van der Waals surface area contributed by atoms with Crippen LogP contribution in [0.5, 0.6) is 0 Å². The molecule has 0 fully saturated rings. The number of benzene rings is 2. The Balaban J connectivity index is 1.35. The fourth-order valence-electron chi connectivity index (χ4n) is 3.80. The van der Waals surface area contributed by atoms with Crippen molar-refractivity contribution in [1.29, 1.82) is 0 Å². The number of anilines is 2. The van der Waals surface area contributed by atoms with Crippen LogP contribution in [0.2, 0.25) is 0 Å². The van der Waals surface area contributed by atoms with Crippen molar-refractivity contribution in [2.75, 3.05) is 10.0 Å². The molecule has 0 saturated heterocycles. The molecule has 2 atom stereocenters. The van der Waals surface area contributed by atoms with Gasteiger partial charge in [0.25, 0.3) is 11.8 Å². The molecular weight excluding hydrogens is 450 g/mol. The summed E-state index contributed by atoms with van der Waals surface area (Å²) in [6.07, 6.45) is 0. The summed E-state index contributed by atoms with van der Waals surface area (Å²) in [7, 11) is 0. The fraction of sp³-hybridized carbons (Fsp3) is 0.167. The van der Waals surface area contributed by atoms with Crippen molar-refractivity contribution in [3.63, 3.8) is 0 Å². The summed E-state index contributed by atoms with van der Waals surface area (Å²) in [6.45, 7) is 3.27. The van der Waals surface area contributed by atoms with Crippen molar-refractivity contribution in [3.05, 3.63) is 66.2 Å². The quantitative estimate of drug-likeness (QED) is 0.571. The van der Waals surface area contributed by atoms with E-state index in [0.29, 0.717) is 22.9 Å².